The highest BCUT2D eigenvalue weighted by atomic mass is 32.2. The van der Waals surface area contributed by atoms with Crippen LogP contribution >= 0.6 is 24.4 Å². The molecule has 1 fully saturated rings. The summed E-state index contributed by atoms with van der Waals surface area (Å²) in [5.41, 5.74) is 4.94. The molecule has 3 heterocycles. The number of thioether (sulfide) groups is 1. The molecule has 0 aliphatic carbocycles. The largest absolute Gasteiger partial charge is 0.465 e. The number of esters is 4. The number of amides is 4. The zero-order valence-corrected chi connectivity index (χ0v) is 40.0. The number of hydrogen-bond donors (Lipinski definition) is 3. The summed E-state index contributed by atoms with van der Waals surface area (Å²) in [7, 11) is 0. The first kappa shape index (κ1) is 54.2. The van der Waals surface area contributed by atoms with Gasteiger partial charge in [-0.25, -0.2) is 9.59 Å². The Hall–Kier alpha value is -5.11. The number of hydrogen-bond acceptors (Lipinski definition) is 17. The van der Waals surface area contributed by atoms with E-state index in [0.717, 1.165) is 16.1 Å². The molecule has 65 heavy (non-hydrogen) atoms. The fourth-order valence-corrected chi connectivity index (χ4v) is 8.12. The van der Waals surface area contributed by atoms with Gasteiger partial charge in [-0.05, 0) is 112 Å². The predicted molar refractivity (Wildman–Crippen MR) is 245 cm³/mol. The molecule has 0 bridgehead atoms. The van der Waals surface area contributed by atoms with Crippen LogP contribution < -0.4 is 11.1 Å². The van der Waals surface area contributed by atoms with Crippen molar-refractivity contribution in [3.05, 3.63) is 70.8 Å². The quantitative estimate of drug-likeness (QED) is 0.0477. The maximum atomic E-state index is 13.0. The molecule has 17 nitrogen and oxygen atoms in total. The smallest absolute Gasteiger partial charge is 0.329 e. The van der Waals surface area contributed by atoms with Gasteiger partial charge in [-0.1, -0.05) is 24.3 Å². The van der Waals surface area contributed by atoms with Gasteiger partial charge in [0.05, 0.1) is 40.8 Å². The number of thiol groups is 1. The Bertz CT molecular complexity index is 1980. The van der Waals surface area contributed by atoms with Gasteiger partial charge in [0.25, 0.3) is 23.6 Å². The molecule has 2 unspecified atom stereocenters. The molecular weight excluding hydrogens is 881 g/mol. The van der Waals surface area contributed by atoms with Gasteiger partial charge >= 0.3 is 23.9 Å². The number of rotatable bonds is 17. The van der Waals surface area contributed by atoms with Crippen molar-refractivity contribution in [3.63, 3.8) is 0 Å². The zero-order chi connectivity index (χ0) is 48.6. The van der Waals surface area contributed by atoms with Crippen LogP contribution in [0, 0.1) is 0 Å². The van der Waals surface area contributed by atoms with Crippen LogP contribution in [0.3, 0.4) is 0 Å². The molecule has 3 aliphatic rings. The molecule has 0 aromatic heterocycles. The summed E-state index contributed by atoms with van der Waals surface area (Å²) < 4.78 is 20.5. The van der Waals surface area contributed by atoms with E-state index < -0.39 is 64.9 Å². The Kier molecular flexibility index (Phi) is 20.8. The summed E-state index contributed by atoms with van der Waals surface area (Å²) in [5.74, 6) is -2.88. The highest BCUT2D eigenvalue weighted by Gasteiger charge is 2.45. The van der Waals surface area contributed by atoms with Crippen molar-refractivity contribution in [2.75, 3.05) is 24.7 Å². The number of nitrogens with two attached hydrogens (primary N) is 1. The molecule has 5 rings (SSSR count). The first-order valence-electron chi connectivity index (χ1n) is 21.5. The summed E-state index contributed by atoms with van der Waals surface area (Å²) in [4.78, 5) is 112. The normalized spacial score (nSPS) is 17.9. The van der Waals surface area contributed by atoms with Gasteiger partial charge in [0.1, 0.15) is 41.7 Å². The highest BCUT2D eigenvalue weighted by Crippen LogP contribution is 2.31. The minimum atomic E-state index is -1.03. The van der Waals surface area contributed by atoms with Crippen molar-refractivity contribution in [3.8, 4) is 0 Å². The average molecular weight is 943 g/mol. The first-order valence-corrected chi connectivity index (χ1v) is 23.2. The highest BCUT2D eigenvalue weighted by molar-refractivity contribution is 8.00. The maximum Gasteiger partial charge on any atom is 0.329 e. The van der Waals surface area contributed by atoms with Gasteiger partial charge in [0.2, 0.25) is 0 Å². The summed E-state index contributed by atoms with van der Waals surface area (Å²) >= 11 is 5.44. The lowest BCUT2D eigenvalue weighted by molar-refractivity contribution is -0.160. The van der Waals surface area contributed by atoms with Crippen LogP contribution in [0.25, 0.3) is 0 Å². The predicted octanol–water partition coefficient (Wildman–Crippen LogP) is 4.93. The Balaban J connectivity index is 0.000000299. The van der Waals surface area contributed by atoms with Crippen molar-refractivity contribution in [1.82, 2.24) is 15.1 Å². The SMILES string of the molecule is CC(C)(C)OC(=O)[C@H](CCCC=O)N1C(=O)c2ccccc2C1=O.CCOC(=O)C1CSC(CCC[C@@H](C(=O)OC(C)(C)C)N2C(=O)c3ccccc3C2=O)N1.CCOC(=O)[C@@H](N)CS. The van der Waals surface area contributed by atoms with Crippen LogP contribution in [-0.4, -0.2) is 129 Å². The van der Waals surface area contributed by atoms with E-state index in [2.05, 4.69) is 22.7 Å². The standard InChI is InChI=1S/C23H30N2O6S.C18H21NO5.C5H11NO2S/c1-5-30-21(28)16-13-32-18(24-16)12-8-11-17(22(29)31-23(2,3)4)25-19(26)14-9-6-7-10-15(14)20(25)27;1-18(2,3)24-17(23)14(10-6-7-11-20)19-15(21)12-8-4-5-9-13(12)16(19)22;1-2-8-5(7)4(6)3-9/h6-7,9-10,16-18,24H,5,8,11-13H2,1-4H3;4-5,8-9,11,14H,6-7,10H2,1-3H3;4,9H,2-3,6H2,1H3/t16?,17-,18?;14-;4-/m000/s1. The minimum Gasteiger partial charge on any atom is -0.465 e. The van der Waals surface area contributed by atoms with Gasteiger partial charge in [0, 0.05) is 17.9 Å². The molecule has 19 heteroatoms. The van der Waals surface area contributed by atoms with E-state index >= 15 is 0 Å². The molecule has 5 atom stereocenters. The van der Waals surface area contributed by atoms with E-state index in [-0.39, 0.29) is 53.7 Å². The molecular formula is C46H62N4O13S2. The van der Waals surface area contributed by atoms with Crippen molar-refractivity contribution in [2.45, 2.75) is 135 Å². The Morgan fingerprint density at radius 2 is 1.15 bits per heavy atom. The van der Waals surface area contributed by atoms with Gasteiger partial charge in [0.15, 0.2) is 0 Å². The third-order valence-electron chi connectivity index (χ3n) is 9.58. The molecule has 2 aromatic rings. The maximum absolute atomic E-state index is 13.0. The van der Waals surface area contributed by atoms with Crippen LogP contribution in [0.1, 0.15) is 135 Å². The number of benzene rings is 2. The number of imide groups is 2. The number of nitrogens with one attached hydrogen (secondary N) is 1. The Labute approximate surface area is 389 Å². The molecule has 2 aromatic carbocycles. The van der Waals surface area contributed by atoms with Crippen LogP contribution in [-0.2, 0) is 42.9 Å². The fraction of sp³-hybridized carbons (Fsp3) is 0.543. The summed E-state index contributed by atoms with van der Waals surface area (Å²) in [6.07, 6.45) is 3.10. The lowest BCUT2D eigenvalue weighted by Crippen LogP contribution is -2.47. The number of carbonyl (C=O) groups excluding carboxylic acids is 9. The fourth-order valence-electron chi connectivity index (χ4n) is 6.72. The number of ether oxygens (including phenoxy) is 4. The molecule has 3 aliphatic heterocycles. The van der Waals surface area contributed by atoms with Crippen molar-refractivity contribution >= 4 is 78.2 Å². The van der Waals surface area contributed by atoms with Gasteiger partial charge in [-0.15, -0.1) is 11.8 Å². The van der Waals surface area contributed by atoms with Crippen LogP contribution in [0.15, 0.2) is 48.5 Å². The molecule has 0 saturated carbocycles. The van der Waals surface area contributed by atoms with Crippen molar-refractivity contribution < 1.29 is 62.1 Å². The monoisotopic (exact) mass is 942 g/mol. The second-order valence-corrected chi connectivity index (χ2v) is 18.6. The topological polar surface area (TPSA) is 235 Å². The van der Waals surface area contributed by atoms with E-state index in [9.17, 15) is 43.2 Å². The van der Waals surface area contributed by atoms with E-state index in [0.29, 0.717) is 55.1 Å². The number of aldehydes is 1. The first-order chi connectivity index (χ1) is 30.6. The number of fused-ring (bicyclic) bond motifs is 2. The lowest BCUT2D eigenvalue weighted by Gasteiger charge is -2.29. The zero-order valence-electron chi connectivity index (χ0n) is 38.3. The van der Waals surface area contributed by atoms with E-state index in [1.54, 1.807) is 116 Å². The second-order valence-electron chi connectivity index (χ2n) is 17.0. The van der Waals surface area contributed by atoms with E-state index in [1.807, 2.05) is 0 Å². The third kappa shape index (κ3) is 15.5. The molecule has 1 saturated heterocycles. The second kappa shape index (κ2) is 25.0. The molecule has 0 radical (unpaired) electrons. The minimum absolute atomic E-state index is 0.0332. The molecule has 4 amide bonds. The molecule has 3 N–H and O–H groups in total. The van der Waals surface area contributed by atoms with Crippen LogP contribution in [0.2, 0.25) is 0 Å². The summed E-state index contributed by atoms with van der Waals surface area (Å²) in [6, 6.07) is 10.1. The number of unbranched alkanes of at least 4 members (excludes halogenated alkanes) is 1. The summed E-state index contributed by atoms with van der Waals surface area (Å²) in [5, 5.41) is 3.28. The van der Waals surface area contributed by atoms with Crippen molar-refractivity contribution in [2.24, 2.45) is 5.73 Å². The molecule has 356 valence electrons. The van der Waals surface area contributed by atoms with Gasteiger partial charge in [-0.3, -0.25) is 43.9 Å². The Morgan fingerprint density at radius 3 is 1.52 bits per heavy atom. The summed E-state index contributed by atoms with van der Waals surface area (Å²) in [6.45, 7) is 14.6. The van der Waals surface area contributed by atoms with Gasteiger partial charge in [-0.2, -0.15) is 12.6 Å². The van der Waals surface area contributed by atoms with Crippen molar-refractivity contribution in [1.29, 1.82) is 0 Å². The van der Waals surface area contributed by atoms with Crippen LogP contribution in [0.5, 0.6) is 0 Å². The number of nitrogens with zero attached hydrogens (tertiary/aromatic N) is 2. The number of carbonyl (C=O) groups is 9. The van der Waals surface area contributed by atoms with E-state index in [4.69, 9.17) is 19.9 Å². The van der Waals surface area contributed by atoms with E-state index in [1.165, 1.54) is 0 Å². The third-order valence-corrected chi connectivity index (χ3v) is 11.3. The average Bonchev–Trinajstić information content (AvgIpc) is 3.90. The lowest BCUT2D eigenvalue weighted by atomic mass is 10.1. The Morgan fingerprint density at radius 1 is 0.738 bits per heavy atom. The molecule has 0 spiro atoms. The van der Waals surface area contributed by atoms with Gasteiger partial charge < -0.3 is 29.5 Å². The van der Waals surface area contributed by atoms with Crippen LogP contribution in [0.4, 0.5) is 0 Å².